The largest absolute Gasteiger partial charge is 0.490 e. The van der Waals surface area contributed by atoms with E-state index >= 15 is 0 Å². The molecule has 2 heterocycles. The van der Waals surface area contributed by atoms with E-state index in [9.17, 15) is 9.59 Å². The molecule has 0 atom stereocenters. The van der Waals surface area contributed by atoms with Gasteiger partial charge in [0, 0.05) is 11.1 Å². The number of terminal acetylenes is 1. The highest BCUT2D eigenvalue weighted by Crippen LogP contribution is 2.41. The number of fused-ring (bicyclic) bond motifs is 1. The first-order valence-corrected chi connectivity index (χ1v) is 11.8. The fraction of sp³-hybridized carbons (Fsp3) is 0.217. The molecule has 2 aromatic carbocycles. The molecule has 1 saturated heterocycles. The predicted molar refractivity (Wildman–Crippen MR) is 129 cm³/mol. The zero-order valence-corrected chi connectivity index (χ0v) is 20.5. The lowest BCUT2D eigenvalue weighted by Gasteiger charge is -2.14. The van der Waals surface area contributed by atoms with Gasteiger partial charge in [-0.15, -0.1) is 6.42 Å². The van der Waals surface area contributed by atoms with Crippen molar-refractivity contribution in [1.82, 2.24) is 4.90 Å². The van der Waals surface area contributed by atoms with E-state index in [0.717, 1.165) is 16.7 Å². The number of ether oxygens (including phenoxy) is 4. The molecule has 0 bridgehead atoms. The van der Waals surface area contributed by atoms with Gasteiger partial charge in [0.05, 0.1) is 22.5 Å². The quantitative estimate of drug-likeness (QED) is 0.334. The van der Waals surface area contributed by atoms with Crippen molar-refractivity contribution in [1.29, 1.82) is 0 Å². The van der Waals surface area contributed by atoms with Gasteiger partial charge in [-0.25, -0.2) is 0 Å². The van der Waals surface area contributed by atoms with Crippen LogP contribution in [0.1, 0.15) is 18.1 Å². The topological polar surface area (TPSA) is 74.3 Å². The smallest absolute Gasteiger partial charge is 0.293 e. The molecule has 170 valence electrons. The van der Waals surface area contributed by atoms with Crippen molar-refractivity contribution >= 4 is 56.5 Å². The third-order valence-corrected chi connectivity index (χ3v) is 6.52. The average molecular weight is 551 g/mol. The molecule has 0 spiro atoms. The van der Waals surface area contributed by atoms with Crippen LogP contribution in [-0.4, -0.2) is 36.1 Å². The van der Waals surface area contributed by atoms with E-state index in [1.807, 2.05) is 6.92 Å². The molecule has 2 amide bonds. The Morgan fingerprint density at radius 1 is 1.24 bits per heavy atom. The highest BCUT2D eigenvalue weighted by molar-refractivity contribution is 9.10. The standard InChI is InChI=1S/C23H17BrClNO6S/c1-3-5-30-21-15(24)6-13(7-19(21)29-4-2)8-20-22(27)26(23(28)33-20)11-14-9-17-18(10-16(14)25)32-12-31-17/h1,6-10H,4-5,11-12H2,2H3/b20-8-. The maximum atomic E-state index is 13.0. The Hall–Kier alpha value is -2.80. The van der Waals surface area contributed by atoms with Gasteiger partial charge < -0.3 is 18.9 Å². The second-order valence-electron chi connectivity index (χ2n) is 6.82. The van der Waals surface area contributed by atoms with Gasteiger partial charge in [0.15, 0.2) is 23.0 Å². The summed E-state index contributed by atoms with van der Waals surface area (Å²) < 4.78 is 22.5. The minimum absolute atomic E-state index is 0.0181. The van der Waals surface area contributed by atoms with Crippen LogP contribution in [0.4, 0.5) is 4.79 Å². The highest BCUT2D eigenvalue weighted by atomic mass is 79.9. The molecular weight excluding hydrogens is 534 g/mol. The summed E-state index contributed by atoms with van der Waals surface area (Å²) >= 11 is 10.6. The van der Waals surface area contributed by atoms with E-state index in [0.29, 0.717) is 50.2 Å². The van der Waals surface area contributed by atoms with Crippen molar-refractivity contribution in [3.8, 4) is 35.3 Å². The van der Waals surface area contributed by atoms with Crippen molar-refractivity contribution < 1.29 is 28.5 Å². The van der Waals surface area contributed by atoms with Crippen LogP contribution < -0.4 is 18.9 Å². The first-order valence-electron chi connectivity index (χ1n) is 9.77. The number of carbonyl (C=O) groups is 2. The monoisotopic (exact) mass is 549 g/mol. The van der Waals surface area contributed by atoms with Gasteiger partial charge in [-0.1, -0.05) is 17.5 Å². The SMILES string of the molecule is C#CCOc1c(Br)cc(/C=C2\SC(=O)N(Cc3cc4c(cc3Cl)OCO4)C2=O)cc1OCC. The van der Waals surface area contributed by atoms with Crippen molar-refractivity contribution in [3.05, 3.63) is 49.8 Å². The lowest BCUT2D eigenvalue weighted by Crippen LogP contribution is -2.27. The number of amides is 2. The number of nitrogens with zero attached hydrogens (tertiary/aromatic N) is 1. The van der Waals surface area contributed by atoms with E-state index in [-0.39, 0.29) is 24.8 Å². The number of hydrogen-bond donors (Lipinski definition) is 0. The summed E-state index contributed by atoms with van der Waals surface area (Å²) in [6.45, 7) is 2.46. The third kappa shape index (κ3) is 4.93. The number of imide groups is 1. The number of thioether (sulfide) groups is 1. The zero-order chi connectivity index (χ0) is 23.5. The van der Waals surface area contributed by atoms with E-state index in [1.54, 1.807) is 30.3 Å². The predicted octanol–water partition coefficient (Wildman–Crippen LogP) is 5.48. The van der Waals surface area contributed by atoms with Crippen LogP contribution in [0.15, 0.2) is 33.6 Å². The van der Waals surface area contributed by atoms with Gasteiger partial charge in [0.25, 0.3) is 11.1 Å². The first kappa shape index (κ1) is 23.4. The Bertz CT molecular complexity index is 1210. The number of rotatable bonds is 7. The van der Waals surface area contributed by atoms with Crippen LogP contribution in [-0.2, 0) is 11.3 Å². The molecule has 0 unspecified atom stereocenters. The second kappa shape index (κ2) is 10.00. The molecule has 10 heteroatoms. The fourth-order valence-electron chi connectivity index (χ4n) is 3.23. The summed E-state index contributed by atoms with van der Waals surface area (Å²) in [7, 11) is 0. The Balaban J connectivity index is 1.58. The molecule has 0 N–H and O–H groups in total. The Morgan fingerprint density at radius 3 is 2.73 bits per heavy atom. The van der Waals surface area contributed by atoms with Crippen molar-refractivity contribution in [3.63, 3.8) is 0 Å². The van der Waals surface area contributed by atoms with Crippen LogP contribution >= 0.6 is 39.3 Å². The van der Waals surface area contributed by atoms with Gasteiger partial charge in [0.2, 0.25) is 6.79 Å². The molecule has 2 aliphatic heterocycles. The molecule has 2 aliphatic rings. The number of hydrogen-bond acceptors (Lipinski definition) is 7. The molecule has 1 fully saturated rings. The van der Waals surface area contributed by atoms with Gasteiger partial charge in [-0.05, 0) is 70.0 Å². The summed E-state index contributed by atoms with van der Waals surface area (Å²) in [5, 5.41) is -0.00632. The molecular formula is C23H17BrClNO6S. The lowest BCUT2D eigenvalue weighted by atomic mass is 10.1. The Morgan fingerprint density at radius 2 is 2.00 bits per heavy atom. The van der Waals surface area contributed by atoms with Crippen molar-refractivity contribution in [2.45, 2.75) is 13.5 Å². The number of halogens is 2. The van der Waals surface area contributed by atoms with Crippen LogP contribution in [0, 0.1) is 12.3 Å². The summed E-state index contributed by atoms with van der Waals surface area (Å²) in [5.74, 6) is 4.00. The zero-order valence-electron chi connectivity index (χ0n) is 17.4. The Kier molecular flexibility index (Phi) is 7.08. The number of benzene rings is 2. The van der Waals surface area contributed by atoms with Crippen LogP contribution in [0.3, 0.4) is 0 Å². The molecule has 33 heavy (non-hydrogen) atoms. The molecule has 0 saturated carbocycles. The highest BCUT2D eigenvalue weighted by Gasteiger charge is 2.36. The Labute approximate surface area is 208 Å². The minimum Gasteiger partial charge on any atom is -0.490 e. The van der Waals surface area contributed by atoms with Gasteiger partial charge in [0.1, 0.15) is 6.61 Å². The normalized spacial score (nSPS) is 15.8. The fourth-order valence-corrected chi connectivity index (χ4v) is 4.85. The van der Waals surface area contributed by atoms with E-state index < -0.39 is 11.1 Å². The molecule has 0 radical (unpaired) electrons. The summed E-state index contributed by atoms with van der Waals surface area (Å²) in [4.78, 5) is 27.0. The van der Waals surface area contributed by atoms with E-state index in [2.05, 4.69) is 21.9 Å². The van der Waals surface area contributed by atoms with Gasteiger partial charge >= 0.3 is 0 Å². The summed E-state index contributed by atoms with van der Waals surface area (Å²) in [5.41, 5.74) is 1.24. The van der Waals surface area contributed by atoms with Gasteiger partial charge in [-0.3, -0.25) is 14.5 Å². The average Bonchev–Trinajstić information content (AvgIpc) is 3.32. The molecule has 0 aliphatic carbocycles. The van der Waals surface area contributed by atoms with Crippen LogP contribution in [0.2, 0.25) is 5.02 Å². The molecule has 4 rings (SSSR count). The molecule has 2 aromatic rings. The van der Waals surface area contributed by atoms with E-state index in [4.69, 9.17) is 37.0 Å². The molecule has 0 aromatic heterocycles. The number of carbonyl (C=O) groups excluding carboxylic acids is 2. The summed E-state index contributed by atoms with van der Waals surface area (Å²) in [6.07, 6.45) is 6.91. The minimum atomic E-state index is -0.416. The summed E-state index contributed by atoms with van der Waals surface area (Å²) in [6, 6.07) is 6.78. The van der Waals surface area contributed by atoms with Crippen molar-refractivity contribution in [2.75, 3.05) is 20.0 Å². The van der Waals surface area contributed by atoms with Gasteiger partial charge in [-0.2, -0.15) is 0 Å². The van der Waals surface area contributed by atoms with Crippen molar-refractivity contribution in [2.24, 2.45) is 0 Å². The first-order chi connectivity index (χ1) is 15.9. The molecule has 7 nitrogen and oxygen atoms in total. The van der Waals surface area contributed by atoms with E-state index in [1.165, 1.54) is 0 Å². The van der Waals surface area contributed by atoms with Crippen LogP contribution in [0.25, 0.3) is 6.08 Å². The maximum Gasteiger partial charge on any atom is 0.293 e. The maximum absolute atomic E-state index is 13.0. The second-order valence-corrected chi connectivity index (χ2v) is 9.08. The lowest BCUT2D eigenvalue weighted by molar-refractivity contribution is -0.123. The third-order valence-electron chi connectivity index (χ3n) is 4.67. The van der Waals surface area contributed by atoms with Crippen LogP contribution in [0.5, 0.6) is 23.0 Å².